The molecule has 0 fully saturated rings. The summed E-state index contributed by atoms with van der Waals surface area (Å²) in [6, 6.07) is 30.9. The molecule has 0 radical (unpaired) electrons. The molecule has 37 heavy (non-hydrogen) atoms. The molecule has 0 aromatic heterocycles. The number of urea groups is 1. The summed E-state index contributed by atoms with van der Waals surface area (Å²) in [4.78, 5) is 27.5. The molecule has 0 saturated heterocycles. The lowest BCUT2D eigenvalue weighted by Gasteiger charge is -2.24. The van der Waals surface area contributed by atoms with Crippen molar-refractivity contribution in [3.8, 4) is 17.2 Å². The fourth-order valence-corrected chi connectivity index (χ4v) is 3.73. The maximum absolute atomic E-state index is 13.3. The van der Waals surface area contributed by atoms with Gasteiger partial charge in [0.1, 0.15) is 17.2 Å². The predicted molar refractivity (Wildman–Crippen MR) is 146 cm³/mol. The summed E-state index contributed by atoms with van der Waals surface area (Å²) in [5.41, 5.74) is 2.88. The van der Waals surface area contributed by atoms with E-state index in [0.29, 0.717) is 28.4 Å². The minimum absolute atomic E-state index is 0.246. The van der Waals surface area contributed by atoms with E-state index in [1.165, 1.54) is 0 Å². The van der Waals surface area contributed by atoms with E-state index in [9.17, 15) is 9.59 Å². The lowest BCUT2D eigenvalue weighted by atomic mass is 10.2. The van der Waals surface area contributed by atoms with Gasteiger partial charge < -0.3 is 20.1 Å². The first-order valence-electron chi connectivity index (χ1n) is 11.9. The first-order valence-corrected chi connectivity index (χ1v) is 11.9. The standard InChI is InChI=1S/C30H29N3O4/c1-22-8-6-10-24(20-22)32-30(35)33(19-18-31-29(34)23-9-7-13-28(21-23)36-2)25-14-16-27(17-15-25)37-26-11-4-3-5-12-26/h3-17,20-21H,18-19H2,1-2H3,(H,31,34)(H,32,35). The summed E-state index contributed by atoms with van der Waals surface area (Å²) >= 11 is 0. The Bertz CT molecular complexity index is 1340. The summed E-state index contributed by atoms with van der Waals surface area (Å²) in [5.74, 6) is 1.74. The van der Waals surface area contributed by atoms with Crippen LogP contribution in [0.2, 0.25) is 0 Å². The second kappa shape index (κ2) is 12.3. The number of nitrogens with one attached hydrogen (secondary N) is 2. The highest BCUT2D eigenvalue weighted by Crippen LogP contribution is 2.25. The molecular formula is C30H29N3O4. The molecule has 0 aliphatic heterocycles. The third kappa shape index (κ3) is 7.11. The predicted octanol–water partition coefficient (Wildman–Crippen LogP) is 6.26. The number of carbonyl (C=O) groups excluding carboxylic acids is 2. The molecule has 4 aromatic rings. The van der Waals surface area contributed by atoms with E-state index in [1.807, 2.05) is 85.8 Å². The second-order valence-electron chi connectivity index (χ2n) is 8.35. The molecule has 0 saturated carbocycles. The highest BCUT2D eigenvalue weighted by molar-refractivity contribution is 6.02. The number of benzene rings is 4. The van der Waals surface area contributed by atoms with Crippen LogP contribution in [0.4, 0.5) is 16.2 Å². The van der Waals surface area contributed by atoms with Crippen LogP contribution in [0.3, 0.4) is 0 Å². The number of hydrogen-bond acceptors (Lipinski definition) is 4. The van der Waals surface area contributed by atoms with Gasteiger partial charge in [0.05, 0.1) is 7.11 Å². The maximum atomic E-state index is 13.3. The molecule has 0 aliphatic carbocycles. The summed E-state index contributed by atoms with van der Waals surface area (Å²) in [6.45, 7) is 2.47. The number of para-hydroxylation sites is 1. The monoisotopic (exact) mass is 495 g/mol. The number of ether oxygens (including phenoxy) is 2. The van der Waals surface area contributed by atoms with Crippen LogP contribution in [-0.4, -0.2) is 32.1 Å². The average Bonchev–Trinajstić information content (AvgIpc) is 2.92. The van der Waals surface area contributed by atoms with Crippen LogP contribution in [0.1, 0.15) is 15.9 Å². The Hall–Kier alpha value is -4.78. The van der Waals surface area contributed by atoms with Crippen molar-refractivity contribution in [2.75, 3.05) is 30.4 Å². The number of hydrogen-bond donors (Lipinski definition) is 2. The number of aryl methyl sites for hydroxylation is 1. The highest BCUT2D eigenvalue weighted by Gasteiger charge is 2.17. The van der Waals surface area contributed by atoms with Gasteiger partial charge in [-0.05, 0) is 79.2 Å². The number of carbonyl (C=O) groups is 2. The SMILES string of the molecule is COc1cccc(C(=O)NCCN(C(=O)Nc2cccc(C)c2)c2ccc(Oc3ccccc3)cc2)c1. The number of rotatable bonds is 9. The van der Waals surface area contributed by atoms with Crippen LogP contribution in [0.5, 0.6) is 17.2 Å². The number of methoxy groups -OCH3 is 1. The molecule has 3 amide bonds. The minimum atomic E-state index is -0.307. The van der Waals surface area contributed by atoms with Crippen molar-refractivity contribution < 1.29 is 19.1 Å². The Morgan fingerprint density at radius 3 is 2.22 bits per heavy atom. The van der Waals surface area contributed by atoms with E-state index < -0.39 is 0 Å². The molecule has 4 rings (SSSR count). The largest absolute Gasteiger partial charge is 0.497 e. The van der Waals surface area contributed by atoms with E-state index in [4.69, 9.17) is 9.47 Å². The van der Waals surface area contributed by atoms with Crippen molar-refractivity contribution >= 4 is 23.3 Å². The van der Waals surface area contributed by atoms with Gasteiger partial charge in [0.25, 0.3) is 5.91 Å². The van der Waals surface area contributed by atoms with Crippen LogP contribution in [0.15, 0.2) is 103 Å². The molecular weight excluding hydrogens is 466 g/mol. The van der Waals surface area contributed by atoms with Crippen molar-refractivity contribution in [3.63, 3.8) is 0 Å². The smallest absolute Gasteiger partial charge is 0.326 e. The van der Waals surface area contributed by atoms with Crippen molar-refractivity contribution in [1.82, 2.24) is 5.32 Å². The van der Waals surface area contributed by atoms with Gasteiger partial charge in [-0.15, -0.1) is 0 Å². The molecule has 7 nitrogen and oxygen atoms in total. The van der Waals surface area contributed by atoms with E-state index in [-0.39, 0.29) is 25.0 Å². The minimum Gasteiger partial charge on any atom is -0.497 e. The van der Waals surface area contributed by atoms with Gasteiger partial charge in [0.2, 0.25) is 0 Å². The molecule has 0 heterocycles. The molecule has 7 heteroatoms. The Balaban J connectivity index is 1.47. The third-order valence-corrected chi connectivity index (χ3v) is 5.59. The van der Waals surface area contributed by atoms with Crippen molar-refractivity contribution in [2.45, 2.75) is 6.92 Å². The van der Waals surface area contributed by atoms with Gasteiger partial charge in [-0.2, -0.15) is 0 Å². The van der Waals surface area contributed by atoms with Crippen molar-refractivity contribution in [1.29, 1.82) is 0 Å². The third-order valence-electron chi connectivity index (χ3n) is 5.59. The second-order valence-corrected chi connectivity index (χ2v) is 8.35. The molecule has 0 spiro atoms. The van der Waals surface area contributed by atoms with E-state index in [1.54, 1.807) is 36.3 Å². The summed E-state index contributed by atoms with van der Waals surface area (Å²) in [7, 11) is 1.55. The van der Waals surface area contributed by atoms with Gasteiger partial charge in [-0.1, -0.05) is 36.4 Å². The molecule has 0 atom stereocenters. The van der Waals surface area contributed by atoms with Gasteiger partial charge in [0.15, 0.2) is 0 Å². The number of nitrogens with zero attached hydrogens (tertiary/aromatic N) is 1. The lowest BCUT2D eigenvalue weighted by molar-refractivity contribution is 0.0954. The van der Waals surface area contributed by atoms with E-state index in [0.717, 1.165) is 11.3 Å². The van der Waals surface area contributed by atoms with Gasteiger partial charge in [-0.3, -0.25) is 9.69 Å². The van der Waals surface area contributed by atoms with Crippen LogP contribution in [0, 0.1) is 6.92 Å². The number of amides is 3. The van der Waals surface area contributed by atoms with Crippen molar-refractivity contribution in [2.24, 2.45) is 0 Å². The fraction of sp³-hybridized carbons (Fsp3) is 0.133. The average molecular weight is 496 g/mol. The van der Waals surface area contributed by atoms with Crippen LogP contribution in [0.25, 0.3) is 0 Å². The summed E-state index contributed by atoms with van der Waals surface area (Å²) < 4.78 is 11.1. The Morgan fingerprint density at radius 2 is 1.49 bits per heavy atom. The number of anilines is 2. The normalized spacial score (nSPS) is 10.3. The van der Waals surface area contributed by atoms with Crippen LogP contribution < -0.4 is 25.0 Å². The zero-order valence-electron chi connectivity index (χ0n) is 20.8. The molecule has 0 aliphatic rings. The zero-order chi connectivity index (χ0) is 26.0. The quantitative estimate of drug-likeness (QED) is 0.287. The highest BCUT2D eigenvalue weighted by atomic mass is 16.5. The Morgan fingerprint density at radius 1 is 0.784 bits per heavy atom. The first kappa shape index (κ1) is 25.3. The Kier molecular flexibility index (Phi) is 8.39. The van der Waals surface area contributed by atoms with Crippen molar-refractivity contribution in [3.05, 3.63) is 114 Å². The van der Waals surface area contributed by atoms with Gasteiger partial charge in [0, 0.05) is 30.0 Å². The van der Waals surface area contributed by atoms with E-state index >= 15 is 0 Å². The van der Waals surface area contributed by atoms with Crippen LogP contribution in [-0.2, 0) is 0 Å². The lowest BCUT2D eigenvalue weighted by Crippen LogP contribution is -2.41. The summed E-state index contributed by atoms with van der Waals surface area (Å²) in [5, 5.41) is 5.83. The molecule has 2 N–H and O–H groups in total. The fourth-order valence-electron chi connectivity index (χ4n) is 3.73. The molecule has 0 bridgehead atoms. The maximum Gasteiger partial charge on any atom is 0.326 e. The van der Waals surface area contributed by atoms with Gasteiger partial charge in [-0.25, -0.2) is 4.79 Å². The summed E-state index contributed by atoms with van der Waals surface area (Å²) in [6.07, 6.45) is 0. The topological polar surface area (TPSA) is 79.9 Å². The first-order chi connectivity index (χ1) is 18.0. The Labute approximate surface area is 216 Å². The molecule has 4 aromatic carbocycles. The van der Waals surface area contributed by atoms with Crippen LogP contribution >= 0.6 is 0 Å². The van der Waals surface area contributed by atoms with Gasteiger partial charge >= 0.3 is 6.03 Å². The molecule has 0 unspecified atom stereocenters. The molecule has 188 valence electrons. The zero-order valence-corrected chi connectivity index (χ0v) is 20.8. The van der Waals surface area contributed by atoms with E-state index in [2.05, 4.69) is 10.6 Å².